The lowest BCUT2D eigenvalue weighted by Crippen LogP contribution is -1.88. The van der Waals surface area contributed by atoms with E-state index in [1.165, 1.54) is 81.5 Å². The Labute approximate surface area is 223 Å². The summed E-state index contributed by atoms with van der Waals surface area (Å²) in [6.07, 6.45) is 0. The molecular weight excluding hydrogens is 482 g/mol. The highest BCUT2D eigenvalue weighted by Crippen LogP contribution is 2.44. The SMILES string of the molecule is Clc1cc(-c2ccc3c4cccc5c6ccccc6n(c3c2)c54)c2c3ccccc3c3ccccc3c2c1. The maximum atomic E-state index is 6.84. The first kappa shape index (κ1) is 20.5. The van der Waals surface area contributed by atoms with E-state index in [1.807, 2.05) is 0 Å². The molecule has 9 aromatic rings. The van der Waals surface area contributed by atoms with Crippen LogP contribution in [0, 0.1) is 0 Å². The van der Waals surface area contributed by atoms with Crippen molar-refractivity contribution in [3.63, 3.8) is 0 Å². The second-order valence-electron chi connectivity index (χ2n) is 10.3. The van der Waals surface area contributed by atoms with Gasteiger partial charge < -0.3 is 4.40 Å². The van der Waals surface area contributed by atoms with Crippen LogP contribution in [0.2, 0.25) is 5.02 Å². The number of fused-ring (bicyclic) bond motifs is 12. The molecule has 1 nitrogen and oxygen atoms in total. The molecule has 0 aliphatic heterocycles. The zero-order chi connectivity index (χ0) is 25.0. The van der Waals surface area contributed by atoms with Gasteiger partial charge >= 0.3 is 0 Å². The lowest BCUT2D eigenvalue weighted by Gasteiger charge is -2.15. The Bertz CT molecular complexity index is 2410. The minimum absolute atomic E-state index is 0.755. The van der Waals surface area contributed by atoms with Crippen molar-refractivity contribution in [3.8, 4) is 11.1 Å². The Hall–Kier alpha value is -4.59. The Balaban J connectivity index is 1.47. The van der Waals surface area contributed by atoms with Gasteiger partial charge in [0.25, 0.3) is 0 Å². The molecule has 0 aliphatic rings. The first-order valence-corrected chi connectivity index (χ1v) is 13.4. The summed E-state index contributed by atoms with van der Waals surface area (Å²) >= 11 is 6.84. The summed E-state index contributed by atoms with van der Waals surface area (Å²) in [6, 6.07) is 44.0. The third kappa shape index (κ3) is 2.52. The molecule has 0 radical (unpaired) electrons. The summed E-state index contributed by atoms with van der Waals surface area (Å²) in [6.45, 7) is 0. The Morgan fingerprint density at radius 3 is 1.76 bits per heavy atom. The van der Waals surface area contributed by atoms with Crippen molar-refractivity contribution in [3.05, 3.63) is 126 Å². The van der Waals surface area contributed by atoms with Crippen molar-refractivity contribution in [1.29, 1.82) is 0 Å². The van der Waals surface area contributed by atoms with Gasteiger partial charge in [-0.25, -0.2) is 0 Å². The quantitative estimate of drug-likeness (QED) is 0.197. The summed E-state index contributed by atoms with van der Waals surface area (Å²) in [7, 11) is 0. The van der Waals surface area contributed by atoms with Crippen LogP contribution in [0.1, 0.15) is 0 Å². The molecule has 0 saturated carbocycles. The molecular formula is C36H20ClN. The normalized spacial score (nSPS) is 12.3. The number of halogens is 1. The van der Waals surface area contributed by atoms with E-state index in [1.54, 1.807) is 0 Å². The summed E-state index contributed by atoms with van der Waals surface area (Å²) in [5, 5.41) is 13.4. The van der Waals surface area contributed by atoms with E-state index in [0.29, 0.717) is 0 Å². The molecule has 7 aromatic carbocycles. The van der Waals surface area contributed by atoms with Crippen molar-refractivity contribution in [2.75, 3.05) is 0 Å². The monoisotopic (exact) mass is 501 g/mol. The maximum absolute atomic E-state index is 6.84. The molecule has 0 fully saturated rings. The van der Waals surface area contributed by atoms with Gasteiger partial charge in [-0.2, -0.15) is 0 Å². The van der Waals surface area contributed by atoms with Crippen LogP contribution < -0.4 is 0 Å². The van der Waals surface area contributed by atoms with Crippen LogP contribution in [0.15, 0.2) is 121 Å². The predicted octanol–water partition coefficient (Wildman–Crippen LogP) is 10.6. The zero-order valence-corrected chi connectivity index (χ0v) is 21.1. The van der Waals surface area contributed by atoms with Crippen LogP contribution in [0.3, 0.4) is 0 Å². The van der Waals surface area contributed by atoms with Gasteiger partial charge in [0.1, 0.15) is 0 Å². The summed E-state index contributed by atoms with van der Waals surface area (Å²) in [4.78, 5) is 0. The van der Waals surface area contributed by atoms with Gasteiger partial charge in [-0.1, -0.05) is 109 Å². The number of rotatable bonds is 1. The largest absolute Gasteiger partial charge is 0.308 e. The fourth-order valence-electron chi connectivity index (χ4n) is 6.82. The Morgan fingerprint density at radius 1 is 0.421 bits per heavy atom. The van der Waals surface area contributed by atoms with Crippen molar-refractivity contribution >= 4 is 82.0 Å². The summed E-state index contributed by atoms with van der Waals surface area (Å²) in [5.41, 5.74) is 6.12. The third-order valence-electron chi connectivity index (χ3n) is 8.34. The molecule has 0 saturated heterocycles. The van der Waals surface area contributed by atoms with E-state index in [-0.39, 0.29) is 0 Å². The topological polar surface area (TPSA) is 4.41 Å². The van der Waals surface area contributed by atoms with Gasteiger partial charge in [0.15, 0.2) is 0 Å². The molecule has 0 amide bonds. The number of benzene rings is 7. The molecule has 38 heavy (non-hydrogen) atoms. The fourth-order valence-corrected chi connectivity index (χ4v) is 7.04. The number of aromatic nitrogens is 1. The molecule has 9 rings (SSSR count). The highest BCUT2D eigenvalue weighted by molar-refractivity contribution is 6.35. The van der Waals surface area contributed by atoms with E-state index in [9.17, 15) is 0 Å². The molecule has 0 atom stereocenters. The highest BCUT2D eigenvalue weighted by Gasteiger charge is 2.19. The van der Waals surface area contributed by atoms with Crippen LogP contribution in [0.4, 0.5) is 0 Å². The number of para-hydroxylation sites is 2. The van der Waals surface area contributed by atoms with Crippen molar-refractivity contribution in [2.24, 2.45) is 0 Å². The molecule has 2 heterocycles. The molecule has 2 heteroatoms. The predicted molar refractivity (Wildman–Crippen MR) is 164 cm³/mol. The van der Waals surface area contributed by atoms with E-state index in [2.05, 4.69) is 126 Å². The lowest BCUT2D eigenvalue weighted by atomic mass is 9.89. The smallest absolute Gasteiger partial charge is 0.0620 e. The third-order valence-corrected chi connectivity index (χ3v) is 8.56. The first-order valence-electron chi connectivity index (χ1n) is 13.0. The first-order chi connectivity index (χ1) is 18.8. The van der Waals surface area contributed by atoms with E-state index < -0.39 is 0 Å². The average molecular weight is 502 g/mol. The maximum Gasteiger partial charge on any atom is 0.0620 e. The van der Waals surface area contributed by atoms with E-state index >= 15 is 0 Å². The van der Waals surface area contributed by atoms with Gasteiger partial charge in [0, 0.05) is 26.6 Å². The molecule has 2 aromatic heterocycles. The molecule has 0 N–H and O–H groups in total. The van der Waals surface area contributed by atoms with Gasteiger partial charge in [0.05, 0.1) is 16.6 Å². The minimum Gasteiger partial charge on any atom is -0.308 e. The van der Waals surface area contributed by atoms with Gasteiger partial charge in [-0.15, -0.1) is 0 Å². The van der Waals surface area contributed by atoms with E-state index in [4.69, 9.17) is 11.6 Å². The van der Waals surface area contributed by atoms with Gasteiger partial charge in [-0.05, 0) is 67.7 Å². The Kier molecular flexibility index (Phi) is 3.90. The molecule has 0 unspecified atom stereocenters. The second kappa shape index (κ2) is 7.25. The van der Waals surface area contributed by atoms with Crippen molar-refractivity contribution < 1.29 is 0 Å². The zero-order valence-electron chi connectivity index (χ0n) is 20.4. The molecule has 0 aliphatic carbocycles. The Morgan fingerprint density at radius 2 is 1.00 bits per heavy atom. The number of nitrogens with zero attached hydrogens (tertiary/aromatic N) is 1. The van der Waals surface area contributed by atoms with Crippen LogP contribution in [0.25, 0.3) is 81.5 Å². The number of hydrogen-bond acceptors (Lipinski definition) is 0. The molecule has 176 valence electrons. The van der Waals surface area contributed by atoms with Crippen LogP contribution in [-0.4, -0.2) is 4.40 Å². The fraction of sp³-hybridized carbons (Fsp3) is 0. The van der Waals surface area contributed by atoms with Gasteiger partial charge in [0.2, 0.25) is 0 Å². The molecule has 0 spiro atoms. The van der Waals surface area contributed by atoms with Crippen molar-refractivity contribution in [1.82, 2.24) is 4.40 Å². The highest BCUT2D eigenvalue weighted by atomic mass is 35.5. The average Bonchev–Trinajstić information content (AvgIpc) is 3.49. The van der Waals surface area contributed by atoms with Crippen molar-refractivity contribution in [2.45, 2.75) is 0 Å². The second-order valence-corrected chi connectivity index (χ2v) is 10.7. The molecule has 0 bridgehead atoms. The van der Waals surface area contributed by atoms with Crippen LogP contribution in [0.5, 0.6) is 0 Å². The summed E-state index contributed by atoms with van der Waals surface area (Å²) < 4.78 is 2.44. The van der Waals surface area contributed by atoms with E-state index in [0.717, 1.165) is 5.02 Å². The summed E-state index contributed by atoms with van der Waals surface area (Å²) in [5.74, 6) is 0. The van der Waals surface area contributed by atoms with Crippen LogP contribution in [-0.2, 0) is 0 Å². The minimum atomic E-state index is 0.755. The lowest BCUT2D eigenvalue weighted by molar-refractivity contribution is 1.37. The van der Waals surface area contributed by atoms with Gasteiger partial charge in [-0.3, -0.25) is 0 Å². The standard InChI is InChI=1S/C36H20ClN/c37-22-19-31(35-28-12-4-3-9-24(28)23-8-1-2-10-25(23)32(35)20-22)21-16-17-27-30-14-7-13-29-26-11-5-6-15-33(26)38(36(29)30)34(27)18-21/h1-20H. The van der Waals surface area contributed by atoms with Crippen LogP contribution >= 0.6 is 11.6 Å². The number of hydrogen-bond donors (Lipinski definition) is 0.